The van der Waals surface area contributed by atoms with Crippen molar-refractivity contribution in [1.82, 2.24) is 9.80 Å². The number of aliphatic hydroxyl groups excluding tert-OH is 1. The summed E-state index contributed by atoms with van der Waals surface area (Å²) in [6, 6.07) is 0. The van der Waals surface area contributed by atoms with Crippen LogP contribution in [0.1, 0.15) is 64.2 Å². The topological polar surface area (TPSA) is 43.8 Å². The summed E-state index contributed by atoms with van der Waals surface area (Å²) in [5.74, 6) is 1.12. The molecular weight excluding hydrogens is 276 g/mol. The summed E-state index contributed by atoms with van der Waals surface area (Å²) in [4.78, 5) is 16.7. The Hall–Kier alpha value is -0.610. The quantitative estimate of drug-likeness (QED) is 0.701. The molecule has 1 N–H and O–H groups in total. The smallest absolute Gasteiger partial charge is 0.222 e. The Kier molecular flexibility index (Phi) is 8.24. The third-order valence-electron chi connectivity index (χ3n) is 5.32. The second kappa shape index (κ2) is 10.2. The molecule has 2 saturated heterocycles. The van der Waals surface area contributed by atoms with Crippen molar-refractivity contribution in [2.24, 2.45) is 5.92 Å². The highest BCUT2D eigenvalue weighted by molar-refractivity contribution is 5.76. The maximum atomic E-state index is 12.1. The summed E-state index contributed by atoms with van der Waals surface area (Å²) < 4.78 is 0. The Morgan fingerprint density at radius 2 is 1.68 bits per heavy atom. The van der Waals surface area contributed by atoms with E-state index in [1.165, 1.54) is 64.6 Å². The molecule has 0 atom stereocenters. The number of unbranched alkanes of at least 4 members (excludes halogenated alkanes) is 2. The molecule has 0 aliphatic carbocycles. The van der Waals surface area contributed by atoms with Crippen LogP contribution >= 0.6 is 0 Å². The average molecular weight is 310 g/mol. The van der Waals surface area contributed by atoms with Crippen LogP contribution in [0.25, 0.3) is 0 Å². The molecule has 0 bridgehead atoms. The molecule has 22 heavy (non-hydrogen) atoms. The molecule has 0 saturated carbocycles. The summed E-state index contributed by atoms with van der Waals surface area (Å²) in [5, 5.41) is 8.98. The van der Waals surface area contributed by atoms with Gasteiger partial charge in [0.05, 0.1) is 0 Å². The third-order valence-corrected chi connectivity index (χ3v) is 5.32. The minimum Gasteiger partial charge on any atom is -0.396 e. The number of aliphatic hydroxyl groups is 1. The van der Waals surface area contributed by atoms with Gasteiger partial charge in [0.15, 0.2) is 0 Å². The van der Waals surface area contributed by atoms with Crippen LogP contribution in [0.4, 0.5) is 0 Å². The number of amides is 1. The van der Waals surface area contributed by atoms with E-state index in [0.717, 1.165) is 38.3 Å². The minimum absolute atomic E-state index is 0.343. The van der Waals surface area contributed by atoms with Gasteiger partial charge in [0, 0.05) is 26.1 Å². The molecule has 0 spiro atoms. The Labute approximate surface area is 135 Å². The van der Waals surface area contributed by atoms with Crippen molar-refractivity contribution in [3.05, 3.63) is 0 Å². The van der Waals surface area contributed by atoms with Gasteiger partial charge < -0.3 is 14.9 Å². The van der Waals surface area contributed by atoms with E-state index in [-0.39, 0.29) is 0 Å². The molecule has 0 aromatic carbocycles. The van der Waals surface area contributed by atoms with E-state index < -0.39 is 0 Å². The largest absolute Gasteiger partial charge is 0.396 e. The summed E-state index contributed by atoms with van der Waals surface area (Å²) in [6.07, 6.45) is 11.3. The first kappa shape index (κ1) is 17.7. The van der Waals surface area contributed by atoms with E-state index in [1.807, 2.05) is 0 Å². The number of hydrogen-bond acceptors (Lipinski definition) is 3. The number of carbonyl (C=O) groups is 1. The van der Waals surface area contributed by atoms with Crippen LogP contribution < -0.4 is 0 Å². The van der Waals surface area contributed by atoms with Crippen LogP contribution in [0.15, 0.2) is 0 Å². The predicted octanol–water partition coefficient (Wildman–Crippen LogP) is 2.65. The van der Waals surface area contributed by atoms with E-state index in [0.29, 0.717) is 12.5 Å². The van der Waals surface area contributed by atoms with Gasteiger partial charge in [0.2, 0.25) is 5.91 Å². The molecule has 0 aromatic heterocycles. The number of likely N-dealkylation sites (tertiary alicyclic amines) is 2. The number of nitrogens with zero attached hydrogens (tertiary/aromatic N) is 2. The highest BCUT2D eigenvalue weighted by atomic mass is 16.3. The zero-order valence-electron chi connectivity index (χ0n) is 14.1. The second-order valence-corrected chi connectivity index (χ2v) is 7.05. The lowest BCUT2D eigenvalue weighted by atomic mass is 9.94. The fourth-order valence-corrected chi connectivity index (χ4v) is 3.77. The lowest BCUT2D eigenvalue weighted by molar-refractivity contribution is -0.132. The van der Waals surface area contributed by atoms with E-state index >= 15 is 0 Å². The van der Waals surface area contributed by atoms with Gasteiger partial charge in [0.1, 0.15) is 0 Å². The molecular formula is C18H34N2O2. The third kappa shape index (κ3) is 6.25. The van der Waals surface area contributed by atoms with Crippen molar-refractivity contribution in [3.8, 4) is 0 Å². The Morgan fingerprint density at radius 1 is 0.955 bits per heavy atom. The maximum absolute atomic E-state index is 12.1. The zero-order chi connectivity index (χ0) is 15.6. The van der Waals surface area contributed by atoms with Crippen LogP contribution in [0.2, 0.25) is 0 Å². The first-order chi connectivity index (χ1) is 10.8. The molecule has 4 heteroatoms. The SMILES string of the molecule is O=C(CCCCCN1CCC(CCO)CC1)N1CCCCC1. The molecule has 2 aliphatic heterocycles. The highest BCUT2D eigenvalue weighted by Gasteiger charge is 2.18. The first-order valence-corrected chi connectivity index (χ1v) is 9.40. The van der Waals surface area contributed by atoms with Crippen LogP contribution in [-0.2, 0) is 4.79 Å². The summed E-state index contributed by atoms with van der Waals surface area (Å²) in [6.45, 7) is 5.89. The lowest BCUT2D eigenvalue weighted by Gasteiger charge is -2.31. The molecule has 2 heterocycles. The standard InChI is InChI=1S/C18H34N2O2/c21-16-10-17-8-14-19(15-9-17)11-4-1-3-7-18(22)20-12-5-2-6-13-20/h17,21H,1-16H2. The summed E-state index contributed by atoms with van der Waals surface area (Å²) in [5.41, 5.74) is 0. The van der Waals surface area contributed by atoms with Gasteiger partial charge in [-0.05, 0) is 76.9 Å². The number of piperidine rings is 2. The van der Waals surface area contributed by atoms with Crippen molar-refractivity contribution in [1.29, 1.82) is 0 Å². The van der Waals surface area contributed by atoms with Gasteiger partial charge in [-0.25, -0.2) is 0 Å². The maximum Gasteiger partial charge on any atom is 0.222 e. The molecule has 2 aliphatic rings. The molecule has 2 rings (SSSR count). The molecule has 0 aromatic rings. The van der Waals surface area contributed by atoms with Gasteiger partial charge in [0.25, 0.3) is 0 Å². The molecule has 0 unspecified atom stereocenters. The van der Waals surface area contributed by atoms with Gasteiger partial charge in [-0.3, -0.25) is 4.79 Å². The fourth-order valence-electron chi connectivity index (χ4n) is 3.77. The van der Waals surface area contributed by atoms with Crippen LogP contribution in [0.5, 0.6) is 0 Å². The van der Waals surface area contributed by atoms with Crippen molar-refractivity contribution < 1.29 is 9.90 Å². The van der Waals surface area contributed by atoms with E-state index in [2.05, 4.69) is 9.80 Å². The molecule has 128 valence electrons. The van der Waals surface area contributed by atoms with Crippen LogP contribution in [0, 0.1) is 5.92 Å². The average Bonchev–Trinajstić information content (AvgIpc) is 2.57. The number of hydrogen-bond donors (Lipinski definition) is 1. The van der Waals surface area contributed by atoms with Crippen LogP contribution in [0.3, 0.4) is 0 Å². The van der Waals surface area contributed by atoms with Crippen molar-refractivity contribution in [2.75, 3.05) is 39.3 Å². The normalized spacial score (nSPS) is 21.2. The predicted molar refractivity (Wildman–Crippen MR) is 89.8 cm³/mol. The van der Waals surface area contributed by atoms with Crippen molar-refractivity contribution in [3.63, 3.8) is 0 Å². The second-order valence-electron chi connectivity index (χ2n) is 7.05. The highest BCUT2D eigenvalue weighted by Crippen LogP contribution is 2.20. The minimum atomic E-state index is 0.343. The fraction of sp³-hybridized carbons (Fsp3) is 0.944. The van der Waals surface area contributed by atoms with Gasteiger partial charge in [-0.15, -0.1) is 0 Å². The zero-order valence-corrected chi connectivity index (χ0v) is 14.1. The number of carbonyl (C=O) groups excluding carboxylic acids is 1. The molecule has 1 amide bonds. The van der Waals surface area contributed by atoms with E-state index in [9.17, 15) is 4.79 Å². The summed E-state index contributed by atoms with van der Waals surface area (Å²) >= 11 is 0. The molecule has 0 radical (unpaired) electrons. The summed E-state index contributed by atoms with van der Waals surface area (Å²) in [7, 11) is 0. The monoisotopic (exact) mass is 310 g/mol. The Morgan fingerprint density at radius 3 is 2.36 bits per heavy atom. The molecule has 4 nitrogen and oxygen atoms in total. The van der Waals surface area contributed by atoms with Crippen molar-refractivity contribution in [2.45, 2.75) is 64.2 Å². The van der Waals surface area contributed by atoms with E-state index in [4.69, 9.17) is 5.11 Å². The van der Waals surface area contributed by atoms with Crippen molar-refractivity contribution >= 4 is 5.91 Å². The first-order valence-electron chi connectivity index (χ1n) is 9.40. The van der Waals surface area contributed by atoms with Gasteiger partial charge >= 0.3 is 0 Å². The van der Waals surface area contributed by atoms with Gasteiger partial charge in [-0.1, -0.05) is 6.42 Å². The Bertz CT molecular complexity index is 308. The number of rotatable bonds is 8. The van der Waals surface area contributed by atoms with Crippen LogP contribution in [-0.4, -0.2) is 60.1 Å². The lowest BCUT2D eigenvalue weighted by Crippen LogP contribution is -2.35. The Balaban J connectivity index is 1.46. The molecule has 2 fully saturated rings. The van der Waals surface area contributed by atoms with E-state index in [1.54, 1.807) is 0 Å². The van der Waals surface area contributed by atoms with Gasteiger partial charge in [-0.2, -0.15) is 0 Å².